The predicted octanol–water partition coefficient (Wildman–Crippen LogP) is 3.57. The first-order valence-corrected chi connectivity index (χ1v) is 7.70. The lowest BCUT2D eigenvalue weighted by atomic mass is 10.2. The molecule has 23 heavy (non-hydrogen) atoms. The van der Waals surface area contributed by atoms with Gasteiger partial charge in [0.1, 0.15) is 5.39 Å². The summed E-state index contributed by atoms with van der Waals surface area (Å²) in [7, 11) is 0. The van der Waals surface area contributed by atoms with Gasteiger partial charge >= 0.3 is 0 Å². The molecule has 0 saturated heterocycles. The lowest BCUT2D eigenvalue weighted by molar-refractivity contribution is -0.383. The molecule has 6 nitrogen and oxygen atoms in total. The summed E-state index contributed by atoms with van der Waals surface area (Å²) in [4.78, 5) is 15.6. The van der Waals surface area contributed by atoms with Gasteiger partial charge in [-0.2, -0.15) is 5.10 Å². The van der Waals surface area contributed by atoms with Gasteiger partial charge in [-0.25, -0.2) is 0 Å². The first-order chi connectivity index (χ1) is 11.1. The number of rotatable bonds is 4. The highest BCUT2D eigenvalue weighted by Crippen LogP contribution is 2.38. The maximum absolute atomic E-state index is 11.2. The fourth-order valence-corrected chi connectivity index (χ4v) is 3.02. The van der Waals surface area contributed by atoms with Gasteiger partial charge in [-0.3, -0.25) is 19.8 Å². The topological polar surface area (TPSA) is 73.8 Å². The average Bonchev–Trinajstić information content (AvgIpc) is 3.34. The number of aromatic nitrogens is 3. The van der Waals surface area contributed by atoms with E-state index in [1.807, 2.05) is 18.2 Å². The summed E-state index contributed by atoms with van der Waals surface area (Å²) >= 11 is 0. The van der Waals surface area contributed by atoms with Crippen LogP contribution in [0.5, 0.6) is 0 Å². The van der Waals surface area contributed by atoms with Crippen LogP contribution in [-0.2, 0) is 6.54 Å². The summed E-state index contributed by atoms with van der Waals surface area (Å²) in [6.07, 6.45) is 2.43. The second-order valence-electron chi connectivity index (χ2n) is 6.00. The molecule has 1 aromatic carbocycles. The molecule has 0 N–H and O–H groups in total. The molecular formula is C17H16N4O2. The van der Waals surface area contributed by atoms with Gasteiger partial charge < -0.3 is 0 Å². The highest BCUT2D eigenvalue weighted by Gasteiger charge is 2.25. The van der Waals surface area contributed by atoms with Crippen molar-refractivity contribution in [2.24, 2.45) is 0 Å². The van der Waals surface area contributed by atoms with Gasteiger partial charge in [0.25, 0.3) is 5.69 Å². The fraction of sp³-hybridized carbons (Fsp3) is 0.294. The molecule has 1 aliphatic rings. The fourth-order valence-electron chi connectivity index (χ4n) is 3.02. The number of aryl methyl sites for hydroxylation is 1. The Morgan fingerprint density at radius 1 is 1.26 bits per heavy atom. The molecule has 2 aromatic heterocycles. The molecule has 0 spiro atoms. The summed E-state index contributed by atoms with van der Waals surface area (Å²) in [6, 6.07) is 11.2. The zero-order valence-electron chi connectivity index (χ0n) is 12.8. The Labute approximate surface area is 132 Å². The highest BCUT2D eigenvalue weighted by molar-refractivity contribution is 5.90. The maximum Gasteiger partial charge on any atom is 0.280 e. The van der Waals surface area contributed by atoms with E-state index in [0.29, 0.717) is 23.5 Å². The van der Waals surface area contributed by atoms with Crippen LogP contribution in [0, 0.1) is 17.0 Å². The molecule has 116 valence electrons. The van der Waals surface area contributed by atoms with Crippen molar-refractivity contribution >= 4 is 16.6 Å². The second kappa shape index (κ2) is 5.15. The van der Waals surface area contributed by atoms with E-state index in [9.17, 15) is 10.1 Å². The number of nitrogens with zero attached hydrogens (tertiary/aromatic N) is 4. The molecule has 4 rings (SSSR count). The highest BCUT2D eigenvalue weighted by atomic mass is 16.6. The Hall–Kier alpha value is -2.76. The standard InChI is InChI=1S/C17H16N4O2/c1-11-17-15(6-3-7-16(17)21(22)23)20(19-11)10-13-4-2-5-14(18-13)12-8-9-12/h2-7,12H,8-10H2,1H3. The maximum atomic E-state index is 11.2. The van der Waals surface area contributed by atoms with Gasteiger partial charge in [0.05, 0.1) is 28.4 Å². The molecule has 1 aliphatic carbocycles. The average molecular weight is 308 g/mol. The lowest BCUT2D eigenvalue weighted by Crippen LogP contribution is -2.04. The van der Waals surface area contributed by atoms with Gasteiger partial charge in [0, 0.05) is 17.7 Å². The molecule has 3 aromatic rings. The first-order valence-electron chi connectivity index (χ1n) is 7.70. The molecule has 6 heteroatoms. The van der Waals surface area contributed by atoms with Crippen LogP contribution in [0.4, 0.5) is 5.69 Å². The van der Waals surface area contributed by atoms with Crippen molar-refractivity contribution in [2.45, 2.75) is 32.2 Å². The first kappa shape index (κ1) is 13.9. The lowest BCUT2D eigenvalue weighted by Gasteiger charge is -2.05. The largest absolute Gasteiger partial charge is 0.280 e. The van der Waals surface area contributed by atoms with Gasteiger partial charge in [-0.05, 0) is 38.0 Å². The van der Waals surface area contributed by atoms with Crippen molar-refractivity contribution in [2.75, 3.05) is 0 Å². The van der Waals surface area contributed by atoms with E-state index in [4.69, 9.17) is 4.98 Å². The molecule has 0 radical (unpaired) electrons. The van der Waals surface area contributed by atoms with Gasteiger partial charge in [0.15, 0.2) is 0 Å². The molecule has 0 amide bonds. The molecule has 2 heterocycles. The van der Waals surface area contributed by atoms with Crippen molar-refractivity contribution in [1.29, 1.82) is 0 Å². The number of nitro benzene ring substituents is 1. The monoisotopic (exact) mass is 308 g/mol. The summed E-state index contributed by atoms with van der Waals surface area (Å²) < 4.78 is 1.80. The van der Waals surface area contributed by atoms with E-state index in [2.05, 4.69) is 11.2 Å². The SMILES string of the molecule is Cc1nn(Cc2cccc(C3CC3)n2)c2cccc([N+](=O)[O-])c12. The van der Waals surface area contributed by atoms with Crippen molar-refractivity contribution in [3.05, 3.63) is 63.6 Å². The van der Waals surface area contributed by atoms with Crippen LogP contribution in [0.15, 0.2) is 36.4 Å². The van der Waals surface area contributed by atoms with Crippen molar-refractivity contribution in [3.63, 3.8) is 0 Å². The van der Waals surface area contributed by atoms with Crippen LogP contribution < -0.4 is 0 Å². The third kappa shape index (κ3) is 2.46. The van der Waals surface area contributed by atoms with E-state index >= 15 is 0 Å². The molecular weight excluding hydrogens is 292 g/mol. The number of non-ortho nitro benzene ring substituents is 1. The molecule has 1 saturated carbocycles. The smallest absolute Gasteiger partial charge is 0.258 e. The zero-order chi connectivity index (χ0) is 16.0. The van der Waals surface area contributed by atoms with E-state index in [-0.39, 0.29) is 10.6 Å². The van der Waals surface area contributed by atoms with E-state index in [1.165, 1.54) is 18.9 Å². The number of nitro groups is 1. The summed E-state index contributed by atoms with van der Waals surface area (Å²) in [5.74, 6) is 0.604. The minimum Gasteiger partial charge on any atom is -0.258 e. The van der Waals surface area contributed by atoms with Crippen LogP contribution in [0.25, 0.3) is 10.9 Å². The number of hydrogen-bond donors (Lipinski definition) is 0. The number of fused-ring (bicyclic) bond motifs is 1. The van der Waals surface area contributed by atoms with E-state index in [0.717, 1.165) is 16.9 Å². The third-order valence-electron chi connectivity index (χ3n) is 4.26. The van der Waals surface area contributed by atoms with E-state index < -0.39 is 0 Å². The van der Waals surface area contributed by atoms with Crippen molar-refractivity contribution in [1.82, 2.24) is 14.8 Å². The van der Waals surface area contributed by atoms with Crippen molar-refractivity contribution in [3.8, 4) is 0 Å². The normalized spacial score (nSPS) is 14.3. The van der Waals surface area contributed by atoms with E-state index in [1.54, 1.807) is 17.7 Å². The molecule has 0 bridgehead atoms. The predicted molar refractivity (Wildman–Crippen MR) is 86.4 cm³/mol. The number of pyridine rings is 1. The van der Waals surface area contributed by atoms with Gasteiger partial charge in [0.2, 0.25) is 0 Å². The molecule has 1 fully saturated rings. The summed E-state index contributed by atoms with van der Waals surface area (Å²) in [5.41, 5.74) is 3.62. The Kier molecular flexibility index (Phi) is 3.11. The summed E-state index contributed by atoms with van der Waals surface area (Å²) in [5, 5.41) is 16.3. The van der Waals surface area contributed by atoms with Crippen LogP contribution >= 0.6 is 0 Å². The summed E-state index contributed by atoms with van der Waals surface area (Å²) in [6.45, 7) is 2.33. The quantitative estimate of drug-likeness (QED) is 0.545. The Morgan fingerprint density at radius 2 is 2.04 bits per heavy atom. The Bertz CT molecular complexity index is 912. The third-order valence-corrected chi connectivity index (χ3v) is 4.26. The second-order valence-corrected chi connectivity index (χ2v) is 6.00. The Balaban J connectivity index is 1.76. The minimum atomic E-state index is -0.354. The van der Waals surface area contributed by atoms with Crippen molar-refractivity contribution < 1.29 is 4.92 Å². The zero-order valence-corrected chi connectivity index (χ0v) is 12.8. The molecule has 0 unspecified atom stereocenters. The van der Waals surface area contributed by atoms with Crippen LogP contribution in [0.1, 0.15) is 35.8 Å². The number of hydrogen-bond acceptors (Lipinski definition) is 4. The molecule has 0 atom stereocenters. The number of benzene rings is 1. The van der Waals surface area contributed by atoms with Gasteiger partial charge in [-0.15, -0.1) is 0 Å². The van der Waals surface area contributed by atoms with Crippen LogP contribution in [-0.4, -0.2) is 19.7 Å². The minimum absolute atomic E-state index is 0.103. The molecule has 0 aliphatic heterocycles. The van der Waals surface area contributed by atoms with Crippen LogP contribution in [0.2, 0.25) is 0 Å². The van der Waals surface area contributed by atoms with Crippen LogP contribution in [0.3, 0.4) is 0 Å². The van der Waals surface area contributed by atoms with Gasteiger partial charge in [-0.1, -0.05) is 12.1 Å². The Morgan fingerprint density at radius 3 is 2.78 bits per heavy atom.